The third kappa shape index (κ3) is 3.04. The molecule has 2 aromatic rings. The van der Waals surface area contributed by atoms with Crippen molar-refractivity contribution in [1.29, 1.82) is 0 Å². The zero-order chi connectivity index (χ0) is 14.2. The van der Waals surface area contributed by atoms with Gasteiger partial charge in [-0.15, -0.1) is 0 Å². The van der Waals surface area contributed by atoms with Crippen molar-refractivity contribution in [2.75, 3.05) is 0 Å². The summed E-state index contributed by atoms with van der Waals surface area (Å²) < 4.78 is 0. The van der Waals surface area contributed by atoms with E-state index in [0.717, 1.165) is 10.6 Å². The average Bonchev–Trinajstić information content (AvgIpc) is 2.31. The number of hydrogen-bond acceptors (Lipinski definition) is 0. The molecule has 100 valence electrons. The first-order valence-electron chi connectivity index (χ1n) is 6.38. The van der Waals surface area contributed by atoms with Gasteiger partial charge in [0, 0.05) is 5.02 Å². The molecule has 0 nitrogen and oxygen atoms in total. The Bertz CT molecular complexity index is 594. The van der Waals surface area contributed by atoms with Gasteiger partial charge in [-0.2, -0.15) is 0 Å². The molecule has 0 aliphatic carbocycles. The molecule has 19 heavy (non-hydrogen) atoms. The van der Waals surface area contributed by atoms with Gasteiger partial charge in [-0.25, -0.2) is 0 Å². The molecule has 1 unspecified atom stereocenters. The maximum atomic E-state index is 6.23. The lowest BCUT2D eigenvalue weighted by molar-refractivity contribution is 1.10. The molecular weight excluding hydrogens is 320 g/mol. The monoisotopic (exact) mass is 336 g/mol. The zero-order valence-corrected chi connectivity index (χ0v) is 14.1. The molecule has 0 bridgehead atoms. The van der Waals surface area contributed by atoms with Gasteiger partial charge in [0.25, 0.3) is 0 Å². The molecule has 2 heteroatoms. The zero-order valence-electron chi connectivity index (χ0n) is 11.7. The number of halogens is 2. The van der Waals surface area contributed by atoms with Crippen LogP contribution in [-0.4, -0.2) is 0 Å². The Hall–Kier alpha value is -0.790. The summed E-state index contributed by atoms with van der Waals surface area (Å²) in [6, 6.07) is 10.7. The van der Waals surface area contributed by atoms with Crippen LogP contribution in [0.15, 0.2) is 30.3 Å². The minimum absolute atomic E-state index is 0.186. The van der Waals surface area contributed by atoms with E-state index in [0.29, 0.717) is 0 Å². The van der Waals surface area contributed by atoms with E-state index >= 15 is 0 Å². The minimum atomic E-state index is 0.186. The lowest BCUT2D eigenvalue weighted by Crippen LogP contribution is -2.00. The van der Waals surface area contributed by atoms with Crippen LogP contribution in [0.1, 0.15) is 38.2 Å². The molecule has 0 fully saturated rings. The predicted octanol–water partition coefficient (Wildman–Crippen LogP) is 6.06. The normalized spacial score (nSPS) is 12.5. The summed E-state index contributed by atoms with van der Waals surface area (Å²) in [6.07, 6.45) is 0. The summed E-state index contributed by atoms with van der Waals surface area (Å²) in [5, 5.41) is 0.823. The lowest BCUT2D eigenvalue weighted by Gasteiger charge is -2.18. The van der Waals surface area contributed by atoms with Gasteiger partial charge < -0.3 is 0 Å². The average molecular weight is 338 g/mol. The largest absolute Gasteiger partial charge is 0.0840 e. The number of hydrogen-bond donors (Lipinski definition) is 0. The van der Waals surface area contributed by atoms with Crippen LogP contribution >= 0.6 is 27.5 Å². The second-order valence-electron chi connectivity index (χ2n) is 5.18. The van der Waals surface area contributed by atoms with Crippen LogP contribution in [0, 0.1) is 27.7 Å². The molecule has 1 atom stereocenters. The number of rotatable bonds is 2. The maximum Gasteiger partial charge on any atom is 0.0650 e. The van der Waals surface area contributed by atoms with E-state index in [9.17, 15) is 0 Å². The van der Waals surface area contributed by atoms with E-state index in [1.165, 1.54) is 27.8 Å². The molecule has 0 aliphatic heterocycles. The van der Waals surface area contributed by atoms with Crippen LogP contribution in [0.3, 0.4) is 0 Å². The molecule has 2 aromatic carbocycles. The number of alkyl halides is 1. The molecule has 0 radical (unpaired) electrons. The molecule has 0 aromatic heterocycles. The highest BCUT2D eigenvalue weighted by Crippen LogP contribution is 2.36. The van der Waals surface area contributed by atoms with Crippen molar-refractivity contribution in [1.82, 2.24) is 0 Å². The van der Waals surface area contributed by atoms with Crippen molar-refractivity contribution < 1.29 is 0 Å². The second kappa shape index (κ2) is 5.68. The van der Waals surface area contributed by atoms with E-state index in [1.54, 1.807) is 0 Å². The summed E-state index contributed by atoms with van der Waals surface area (Å²) in [7, 11) is 0. The van der Waals surface area contributed by atoms with Gasteiger partial charge in [-0.1, -0.05) is 57.4 Å². The molecular formula is C17H18BrCl. The quantitative estimate of drug-likeness (QED) is 0.584. The van der Waals surface area contributed by atoms with Crippen molar-refractivity contribution in [3.8, 4) is 0 Å². The highest BCUT2D eigenvalue weighted by Gasteiger charge is 2.16. The fourth-order valence-electron chi connectivity index (χ4n) is 2.52. The van der Waals surface area contributed by atoms with Crippen LogP contribution in [0.5, 0.6) is 0 Å². The number of benzene rings is 2. The Morgan fingerprint density at radius 2 is 1.47 bits per heavy atom. The van der Waals surface area contributed by atoms with E-state index in [-0.39, 0.29) is 4.83 Å². The Morgan fingerprint density at radius 1 is 0.895 bits per heavy atom. The third-order valence-electron chi connectivity index (χ3n) is 3.48. The Morgan fingerprint density at radius 3 is 2.00 bits per heavy atom. The van der Waals surface area contributed by atoms with E-state index in [1.807, 2.05) is 6.92 Å². The van der Waals surface area contributed by atoms with Crippen LogP contribution in [0.4, 0.5) is 0 Å². The number of aryl methyl sites for hydroxylation is 4. The van der Waals surface area contributed by atoms with Crippen molar-refractivity contribution in [3.63, 3.8) is 0 Å². The van der Waals surface area contributed by atoms with Gasteiger partial charge >= 0.3 is 0 Å². The third-order valence-corrected chi connectivity index (χ3v) is 4.87. The van der Waals surface area contributed by atoms with Crippen LogP contribution < -0.4 is 0 Å². The van der Waals surface area contributed by atoms with Crippen molar-refractivity contribution in [3.05, 3.63) is 68.7 Å². The van der Waals surface area contributed by atoms with Gasteiger partial charge in [0.2, 0.25) is 0 Å². The Kier molecular flexibility index (Phi) is 4.37. The fraction of sp³-hybridized carbons (Fsp3) is 0.294. The smallest absolute Gasteiger partial charge is 0.0650 e. The summed E-state index contributed by atoms with van der Waals surface area (Å²) >= 11 is 10.0. The van der Waals surface area contributed by atoms with Gasteiger partial charge in [-0.3, -0.25) is 0 Å². The molecule has 0 saturated carbocycles. The lowest BCUT2D eigenvalue weighted by atomic mass is 9.94. The highest BCUT2D eigenvalue weighted by molar-refractivity contribution is 9.09. The first-order chi connectivity index (χ1) is 8.90. The Balaban J connectivity index is 2.49. The SMILES string of the molecule is Cc1cc(C)c(C(Br)c2ccc(C)c(Cl)c2)c(C)c1. The highest BCUT2D eigenvalue weighted by atomic mass is 79.9. The fourth-order valence-corrected chi connectivity index (χ4v) is 3.72. The van der Waals surface area contributed by atoms with Gasteiger partial charge in [-0.05, 0) is 61.6 Å². The first kappa shape index (κ1) is 14.6. The van der Waals surface area contributed by atoms with E-state index in [2.05, 4.69) is 67.0 Å². The standard InChI is InChI=1S/C17H18BrCl/c1-10-7-12(3)16(13(4)8-10)17(18)14-6-5-11(2)15(19)9-14/h5-9,17H,1-4H3. The molecule has 0 N–H and O–H groups in total. The van der Waals surface area contributed by atoms with Crippen molar-refractivity contribution >= 4 is 27.5 Å². The molecule has 0 saturated heterocycles. The van der Waals surface area contributed by atoms with Crippen molar-refractivity contribution in [2.24, 2.45) is 0 Å². The summed E-state index contributed by atoms with van der Waals surface area (Å²) in [4.78, 5) is 0.186. The van der Waals surface area contributed by atoms with E-state index in [4.69, 9.17) is 11.6 Å². The van der Waals surface area contributed by atoms with Crippen LogP contribution in [-0.2, 0) is 0 Å². The predicted molar refractivity (Wildman–Crippen MR) is 87.6 cm³/mol. The summed E-state index contributed by atoms with van der Waals surface area (Å²) in [5.41, 5.74) is 7.59. The Labute approximate surface area is 128 Å². The summed E-state index contributed by atoms with van der Waals surface area (Å²) in [6.45, 7) is 8.49. The second-order valence-corrected chi connectivity index (χ2v) is 6.51. The van der Waals surface area contributed by atoms with Crippen LogP contribution in [0.25, 0.3) is 0 Å². The molecule has 0 heterocycles. The summed E-state index contributed by atoms with van der Waals surface area (Å²) in [5.74, 6) is 0. The van der Waals surface area contributed by atoms with Crippen molar-refractivity contribution in [2.45, 2.75) is 32.5 Å². The molecule has 0 aliphatic rings. The molecule has 0 amide bonds. The van der Waals surface area contributed by atoms with Gasteiger partial charge in [0.05, 0.1) is 4.83 Å². The van der Waals surface area contributed by atoms with Crippen LogP contribution in [0.2, 0.25) is 5.02 Å². The van der Waals surface area contributed by atoms with E-state index < -0.39 is 0 Å². The topological polar surface area (TPSA) is 0 Å². The van der Waals surface area contributed by atoms with Gasteiger partial charge in [0.15, 0.2) is 0 Å². The maximum absolute atomic E-state index is 6.23. The molecule has 0 spiro atoms. The minimum Gasteiger partial charge on any atom is -0.0840 e. The molecule has 2 rings (SSSR count). The van der Waals surface area contributed by atoms with Gasteiger partial charge in [0.1, 0.15) is 0 Å². The first-order valence-corrected chi connectivity index (χ1v) is 7.67.